The maximum absolute atomic E-state index is 12.9. The molecule has 0 atom stereocenters. The minimum Gasteiger partial charge on any atom is -0.363 e. The van der Waals surface area contributed by atoms with E-state index in [0.717, 1.165) is 17.7 Å². The molecule has 2 aromatic carbocycles. The molecule has 1 fully saturated rings. The predicted molar refractivity (Wildman–Crippen MR) is 127 cm³/mol. The molecule has 10 heteroatoms. The first-order valence-corrected chi connectivity index (χ1v) is 13.0. The van der Waals surface area contributed by atoms with E-state index in [1.165, 1.54) is 6.07 Å². The summed E-state index contributed by atoms with van der Waals surface area (Å²) in [4.78, 5) is 2.16. The molecule has 188 valence electrons. The van der Waals surface area contributed by atoms with Crippen LogP contribution in [0.5, 0.6) is 0 Å². The fraction of sp³-hybridized carbons (Fsp3) is 0.500. The molecule has 34 heavy (non-hydrogen) atoms. The van der Waals surface area contributed by atoms with Crippen LogP contribution >= 0.6 is 0 Å². The van der Waals surface area contributed by atoms with Crippen LogP contribution < -0.4 is 5.32 Å². The summed E-state index contributed by atoms with van der Waals surface area (Å²) >= 11 is 0. The minimum absolute atomic E-state index is 0.0519. The Kier molecular flexibility index (Phi) is 9.35. The molecular weight excluding hydrogens is 467 g/mol. The van der Waals surface area contributed by atoms with Crippen molar-refractivity contribution in [3.05, 3.63) is 65.7 Å². The van der Waals surface area contributed by atoms with Crippen molar-refractivity contribution < 1.29 is 26.3 Å². The molecule has 0 aromatic heterocycles. The van der Waals surface area contributed by atoms with Crippen LogP contribution in [0.15, 0.2) is 54.6 Å². The van der Waals surface area contributed by atoms with Gasteiger partial charge in [-0.3, -0.25) is 4.90 Å². The number of sulfonamides is 1. The fourth-order valence-corrected chi connectivity index (χ4v) is 5.61. The van der Waals surface area contributed by atoms with Gasteiger partial charge in [-0.2, -0.15) is 13.2 Å². The molecule has 1 N–H and O–H groups in total. The Morgan fingerprint density at radius 2 is 1.79 bits per heavy atom. The molecule has 1 aliphatic rings. The molecule has 1 saturated heterocycles. The van der Waals surface area contributed by atoms with Crippen LogP contribution in [0.25, 0.3) is 0 Å². The van der Waals surface area contributed by atoms with Crippen molar-refractivity contribution in [2.75, 3.05) is 37.6 Å². The third-order valence-electron chi connectivity index (χ3n) is 5.85. The van der Waals surface area contributed by atoms with Crippen LogP contribution in [0.3, 0.4) is 0 Å². The van der Waals surface area contributed by atoms with Crippen LogP contribution in [0, 0.1) is 0 Å². The van der Waals surface area contributed by atoms with E-state index >= 15 is 0 Å². The zero-order valence-corrected chi connectivity index (χ0v) is 20.1. The zero-order valence-electron chi connectivity index (χ0n) is 19.3. The second-order valence-corrected chi connectivity index (χ2v) is 10.5. The molecule has 1 aliphatic heterocycles. The monoisotopic (exact) mass is 499 g/mol. The van der Waals surface area contributed by atoms with Crippen molar-refractivity contribution in [1.29, 1.82) is 0 Å². The Labute approximate surface area is 199 Å². The summed E-state index contributed by atoms with van der Waals surface area (Å²) in [5.41, 5.74) is 0.727. The van der Waals surface area contributed by atoms with Crippen LogP contribution in [0.1, 0.15) is 37.3 Å². The first kappa shape index (κ1) is 26.5. The average molecular weight is 500 g/mol. The number of hydrogen-bond acceptors (Lipinski definition) is 5. The third kappa shape index (κ3) is 7.69. The number of benzene rings is 2. The highest BCUT2D eigenvalue weighted by Gasteiger charge is 2.31. The lowest BCUT2D eigenvalue weighted by atomic mass is 10.0. The molecule has 0 amide bonds. The van der Waals surface area contributed by atoms with Gasteiger partial charge in [-0.25, -0.2) is 12.7 Å². The highest BCUT2D eigenvalue weighted by molar-refractivity contribution is 7.89. The second-order valence-electron chi connectivity index (χ2n) is 8.41. The van der Waals surface area contributed by atoms with Crippen LogP contribution in [-0.4, -0.2) is 56.0 Å². The van der Waals surface area contributed by atoms with Gasteiger partial charge in [0.05, 0.1) is 11.3 Å². The van der Waals surface area contributed by atoms with Gasteiger partial charge < -0.3 is 10.1 Å². The summed E-state index contributed by atoms with van der Waals surface area (Å²) in [7, 11) is -3.21. The highest BCUT2D eigenvalue weighted by atomic mass is 32.2. The lowest BCUT2D eigenvalue weighted by Crippen LogP contribution is -2.47. The van der Waals surface area contributed by atoms with Gasteiger partial charge >= 0.3 is 6.18 Å². The lowest BCUT2D eigenvalue weighted by Gasteiger charge is -2.38. The minimum atomic E-state index is -4.40. The first-order chi connectivity index (χ1) is 16.2. The van der Waals surface area contributed by atoms with E-state index in [0.29, 0.717) is 44.6 Å². The van der Waals surface area contributed by atoms with Gasteiger partial charge in [-0.15, -0.1) is 0 Å². The van der Waals surface area contributed by atoms with E-state index in [2.05, 4.69) is 10.2 Å². The van der Waals surface area contributed by atoms with Crippen molar-refractivity contribution in [2.45, 2.75) is 44.9 Å². The summed E-state index contributed by atoms with van der Waals surface area (Å²) in [5, 5.41) is 2.88. The SMILES string of the molecule is CCCS(=O)(=O)N1CCC(N(COCNc2cccc(C(F)(F)F)c2)Cc2ccccc2)CC1. The topological polar surface area (TPSA) is 61.9 Å². The number of piperidine rings is 1. The molecule has 2 aromatic rings. The van der Waals surface area contributed by atoms with Crippen molar-refractivity contribution in [3.8, 4) is 0 Å². The Balaban J connectivity index is 1.57. The molecule has 0 saturated carbocycles. The molecule has 0 radical (unpaired) electrons. The number of rotatable bonds is 11. The number of anilines is 1. The molecule has 6 nitrogen and oxygen atoms in total. The molecule has 3 rings (SSSR count). The normalized spacial score (nSPS) is 16.1. The summed E-state index contributed by atoms with van der Waals surface area (Å²) < 4.78 is 70.9. The second kappa shape index (κ2) is 12.0. The van der Waals surface area contributed by atoms with E-state index in [4.69, 9.17) is 4.74 Å². The number of ether oxygens (including phenoxy) is 1. The summed E-state index contributed by atoms with van der Waals surface area (Å²) in [6, 6.07) is 15.1. The van der Waals surface area contributed by atoms with Crippen molar-refractivity contribution in [3.63, 3.8) is 0 Å². The first-order valence-electron chi connectivity index (χ1n) is 11.4. The molecule has 0 bridgehead atoms. The van der Waals surface area contributed by atoms with Crippen LogP contribution in [-0.2, 0) is 27.5 Å². The fourth-order valence-electron chi connectivity index (χ4n) is 4.07. The van der Waals surface area contributed by atoms with Gasteiger partial charge in [0.25, 0.3) is 0 Å². The van der Waals surface area contributed by atoms with E-state index < -0.39 is 21.8 Å². The van der Waals surface area contributed by atoms with Gasteiger partial charge in [0.1, 0.15) is 13.5 Å². The van der Waals surface area contributed by atoms with E-state index in [1.807, 2.05) is 37.3 Å². The van der Waals surface area contributed by atoms with E-state index in [-0.39, 0.29) is 25.3 Å². The highest BCUT2D eigenvalue weighted by Crippen LogP contribution is 2.30. The van der Waals surface area contributed by atoms with Crippen molar-refractivity contribution in [2.24, 2.45) is 0 Å². The Hall–Kier alpha value is -2.14. The van der Waals surface area contributed by atoms with Gasteiger partial charge in [0, 0.05) is 31.4 Å². The molecular formula is C24H32F3N3O3S. The molecule has 0 spiro atoms. The summed E-state index contributed by atoms with van der Waals surface area (Å²) in [5.74, 6) is 0.162. The molecule has 0 aliphatic carbocycles. The largest absolute Gasteiger partial charge is 0.416 e. The Morgan fingerprint density at radius 1 is 1.09 bits per heavy atom. The maximum Gasteiger partial charge on any atom is 0.416 e. The van der Waals surface area contributed by atoms with Crippen molar-refractivity contribution in [1.82, 2.24) is 9.21 Å². The van der Waals surface area contributed by atoms with Gasteiger partial charge in [0.2, 0.25) is 10.0 Å². The standard InChI is InChI=1S/C24H32F3N3O3S/c1-2-15-34(31,32)30-13-11-23(12-14-30)29(17-20-7-4-3-5-8-20)19-33-18-28-22-10-6-9-21(16-22)24(25,26)27/h3-10,16,23,28H,2,11-15,17-19H2,1H3. The van der Waals surface area contributed by atoms with E-state index in [9.17, 15) is 21.6 Å². The smallest absolute Gasteiger partial charge is 0.363 e. The Morgan fingerprint density at radius 3 is 2.44 bits per heavy atom. The zero-order chi connectivity index (χ0) is 24.6. The summed E-state index contributed by atoms with van der Waals surface area (Å²) in [6.45, 7) is 3.76. The van der Waals surface area contributed by atoms with Crippen LogP contribution in [0.4, 0.5) is 18.9 Å². The average Bonchev–Trinajstić information content (AvgIpc) is 2.81. The predicted octanol–water partition coefficient (Wildman–Crippen LogP) is 4.76. The maximum atomic E-state index is 12.9. The number of alkyl halides is 3. The Bertz CT molecular complexity index is 995. The quantitative estimate of drug-likeness (QED) is 0.357. The van der Waals surface area contributed by atoms with Gasteiger partial charge in [-0.05, 0) is 43.0 Å². The van der Waals surface area contributed by atoms with Crippen molar-refractivity contribution >= 4 is 15.7 Å². The molecule has 1 heterocycles. The number of nitrogens with one attached hydrogen (secondary N) is 1. The van der Waals surface area contributed by atoms with Gasteiger partial charge in [-0.1, -0.05) is 43.3 Å². The number of nitrogens with zero attached hydrogens (tertiary/aromatic N) is 2. The van der Waals surface area contributed by atoms with Crippen LogP contribution in [0.2, 0.25) is 0 Å². The lowest BCUT2D eigenvalue weighted by molar-refractivity contribution is -0.137. The molecule has 0 unspecified atom stereocenters. The third-order valence-corrected chi connectivity index (χ3v) is 7.93. The number of hydrogen-bond donors (Lipinski definition) is 1. The van der Waals surface area contributed by atoms with Gasteiger partial charge in [0.15, 0.2) is 0 Å². The number of halogens is 3. The summed E-state index contributed by atoms with van der Waals surface area (Å²) in [6.07, 6.45) is -2.42. The van der Waals surface area contributed by atoms with E-state index in [1.54, 1.807) is 10.4 Å².